The summed E-state index contributed by atoms with van der Waals surface area (Å²) >= 11 is 5.89. The second-order valence-corrected chi connectivity index (χ2v) is 12.8. The van der Waals surface area contributed by atoms with E-state index in [2.05, 4.69) is 10.0 Å². The Morgan fingerprint density at radius 3 is 2.20 bits per heavy atom. The minimum Gasteiger partial charge on any atom is -0.459 e. The Bertz CT molecular complexity index is 978. The molecule has 1 aliphatic heterocycles. The number of hydrogen-bond donors (Lipinski definition) is 2. The smallest absolute Gasteiger partial charge is 0.425 e. The lowest BCUT2D eigenvalue weighted by atomic mass is 9.91. The van der Waals surface area contributed by atoms with E-state index in [4.69, 9.17) is 21.1 Å². The number of carbonyl (C=O) groups excluding carboxylic acids is 2. The molecule has 35 heavy (non-hydrogen) atoms. The van der Waals surface area contributed by atoms with Gasteiger partial charge >= 0.3 is 22.3 Å². The monoisotopic (exact) mass is 531 g/mol. The molecule has 0 aliphatic carbocycles. The van der Waals surface area contributed by atoms with Crippen molar-refractivity contribution < 1.29 is 27.5 Å². The maximum absolute atomic E-state index is 13.1. The van der Waals surface area contributed by atoms with Gasteiger partial charge in [0.15, 0.2) is 0 Å². The van der Waals surface area contributed by atoms with E-state index in [9.17, 15) is 18.0 Å². The van der Waals surface area contributed by atoms with Crippen LogP contribution in [0.3, 0.4) is 0 Å². The molecule has 0 saturated carbocycles. The van der Waals surface area contributed by atoms with Crippen LogP contribution < -0.4 is 10.0 Å². The lowest BCUT2D eigenvalue weighted by Gasteiger charge is -2.32. The van der Waals surface area contributed by atoms with E-state index in [-0.39, 0.29) is 25.5 Å². The topological polar surface area (TPSA) is 114 Å². The van der Waals surface area contributed by atoms with Gasteiger partial charge in [-0.15, -0.1) is 0 Å². The van der Waals surface area contributed by atoms with Crippen molar-refractivity contribution in [2.75, 3.05) is 13.1 Å². The van der Waals surface area contributed by atoms with E-state index in [1.165, 1.54) is 0 Å². The van der Waals surface area contributed by atoms with Gasteiger partial charge in [-0.3, -0.25) is 4.79 Å². The SMILES string of the molecule is CC(C)(C)OC(=O)N(CCC[C@]1(C(=O)OC(C)(C)C)CCCN1)S(=O)(=O)NCc1ccc(Cl)cc1. The Balaban J connectivity index is 2.15. The molecule has 0 spiro atoms. The van der Waals surface area contributed by atoms with E-state index < -0.39 is 33.0 Å². The van der Waals surface area contributed by atoms with Crippen molar-refractivity contribution in [3.63, 3.8) is 0 Å². The highest BCUT2D eigenvalue weighted by Gasteiger charge is 2.44. The largest absolute Gasteiger partial charge is 0.459 e. The molecule has 198 valence electrons. The van der Waals surface area contributed by atoms with E-state index >= 15 is 0 Å². The lowest BCUT2D eigenvalue weighted by Crippen LogP contribution is -2.51. The fraction of sp³-hybridized carbons (Fsp3) is 0.667. The Kier molecular flexibility index (Phi) is 9.60. The average Bonchev–Trinajstić information content (AvgIpc) is 3.18. The molecule has 2 N–H and O–H groups in total. The highest BCUT2D eigenvalue weighted by molar-refractivity contribution is 7.87. The molecular weight excluding hydrogens is 494 g/mol. The normalized spacial score (nSPS) is 18.8. The van der Waals surface area contributed by atoms with Crippen molar-refractivity contribution in [1.82, 2.24) is 14.3 Å². The molecule has 2 rings (SSSR count). The molecule has 1 aliphatic rings. The molecule has 1 aromatic carbocycles. The van der Waals surface area contributed by atoms with Crippen LogP contribution in [-0.2, 0) is 31.0 Å². The summed E-state index contributed by atoms with van der Waals surface area (Å²) in [6, 6.07) is 6.70. The van der Waals surface area contributed by atoms with E-state index in [1.54, 1.807) is 65.8 Å². The predicted octanol–water partition coefficient (Wildman–Crippen LogP) is 4.16. The van der Waals surface area contributed by atoms with Gasteiger partial charge in [-0.2, -0.15) is 17.4 Å². The number of ether oxygens (including phenoxy) is 2. The van der Waals surface area contributed by atoms with Crippen molar-refractivity contribution in [2.45, 2.75) is 90.5 Å². The summed E-state index contributed by atoms with van der Waals surface area (Å²) in [6.45, 7) is 10.9. The molecule has 1 heterocycles. The Morgan fingerprint density at radius 1 is 1.09 bits per heavy atom. The zero-order valence-electron chi connectivity index (χ0n) is 21.4. The molecule has 1 amide bonds. The fourth-order valence-corrected chi connectivity index (χ4v) is 4.91. The first-order chi connectivity index (χ1) is 16.0. The summed E-state index contributed by atoms with van der Waals surface area (Å²) < 4.78 is 40.3. The predicted molar refractivity (Wildman–Crippen MR) is 135 cm³/mol. The average molecular weight is 532 g/mol. The van der Waals surface area contributed by atoms with Crippen LogP contribution in [0.4, 0.5) is 4.79 Å². The van der Waals surface area contributed by atoms with Crippen molar-refractivity contribution in [3.8, 4) is 0 Å². The molecule has 0 radical (unpaired) electrons. The molecule has 0 aromatic heterocycles. The van der Waals surface area contributed by atoms with Crippen molar-refractivity contribution in [1.29, 1.82) is 0 Å². The van der Waals surface area contributed by atoms with Gasteiger partial charge in [0.1, 0.15) is 16.7 Å². The van der Waals surface area contributed by atoms with Crippen LogP contribution in [0.2, 0.25) is 5.02 Å². The second kappa shape index (κ2) is 11.5. The van der Waals surface area contributed by atoms with Gasteiger partial charge in [0.05, 0.1) is 0 Å². The molecule has 1 aromatic rings. The molecular formula is C24H38ClN3O6S. The number of carbonyl (C=O) groups is 2. The first-order valence-corrected chi connectivity index (χ1v) is 13.6. The number of nitrogens with zero attached hydrogens (tertiary/aromatic N) is 1. The molecule has 1 atom stereocenters. The number of nitrogens with one attached hydrogen (secondary N) is 2. The summed E-state index contributed by atoms with van der Waals surface area (Å²) in [4.78, 5) is 25.8. The number of halogens is 1. The van der Waals surface area contributed by atoms with Crippen LogP contribution in [0.1, 0.15) is 72.8 Å². The number of benzene rings is 1. The van der Waals surface area contributed by atoms with Crippen LogP contribution in [-0.4, -0.2) is 54.6 Å². The summed E-state index contributed by atoms with van der Waals surface area (Å²) in [5, 5.41) is 3.77. The first kappa shape index (κ1) is 29.4. The molecule has 11 heteroatoms. The summed E-state index contributed by atoms with van der Waals surface area (Å²) in [7, 11) is -4.23. The van der Waals surface area contributed by atoms with Crippen LogP contribution in [0.25, 0.3) is 0 Å². The number of hydrogen-bond acceptors (Lipinski definition) is 7. The van der Waals surface area contributed by atoms with Crippen molar-refractivity contribution in [3.05, 3.63) is 34.9 Å². The lowest BCUT2D eigenvalue weighted by molar-refractivity contribution is -0.163. The summed E-state index contributed by atoms with van der Waals surface area (Å²) in [5.41, 5.74) is -1.76. The van der Waals surface area contributed by atoms with Crippen LogP contribution in [0.15, 0.2) is 24.3 Å². The minimum absolute atomic E-state index is 0.0256. The van der Waals surface area contributed by atoms with Crippen LogP contribution in [0.5, 0.6) is 0 Å². The Morgan fingerprint density at radius 2 is 1.69 bits per heavy atom. The maximum atomic E-state index is 13.1. The van der Waals surface area contributed by atoms with Crippen molar-refractivity contribution >= 4 is 33.9 Å². The third kappa shape index (κ3) is 9.25. The van der Waals surface area contributed by atoms with Gasteiger partial charge in [-0.1, -0.05) is 23.7 Å². The summed E-state index contributed by atoms with van der Waals surface area (Å²) in [5.74, 6) is -0.366. The van der Waals surface area contributed by atoms with Gasteiger partial charge in [-0.25, -0.2) is 4.79 Å². The van der Waals surface area contributed by atoms with Crippen LogP contribution in [0, 0.1) is 0 Å². The third-order valence-electron chi connectivity index (χ3n) is 5.26. The van der Waals surface area contributed by atoms with Crippen LogP contribution >= 0.6 is 11.6 Å². The van der Waals surface area contributed by atoms with E-state index in [0.29, 0.717) is 34.3 Å². The fourth-order valence-electron chi connectivity index (χ4n) is 3.67. The number of rotatable bonds is 9. The standard InChI is InChI=1S/C24H38ClN3O6S/c1-22(2,3)33-20(29)24(13-7-15-26-24)14-8-16-28(21(30)34-23(4,5)6)35(31,32)27-17-18-9-11-19(25)12-10-18/h9-12,26-27H,7-8,13-17H2,1-6H3/t24-/m0/s1. The molecule has 0 bridgehead atoms. The number of amides is 1. The molecule has 1 fully saturated rings. The quantitative estimate of drug-likeness (QED) is 0.460. The van der Waals surface area contributed by atoms with Gasteiger partial charge in [-0.05, 0) is 91.5 Å². The highest BCUT2D eigenvalue weighted by atomic mass is 35.5. The summed E-state index contributed by atoms with van der Waals surface area (Å²) in [6.07, 6.45) is 0.958. The first-order valence-electron chi connectivity index (χ1n) is 11.8. The van der Waals surface area contributed by atoms with Gasteiger partial charge < -0.3 is 14.8 Å². The molecule has 0 unspecified atom stereocenters. The number of esters is 1. The minimum atomic E-state index is -4.23. The zero-order valence-corrected chi connectivity index (χ0v) is 23.0. The van der Waals surface area contributed by atoms with Gasteiger partial charge in [0.2, 0.25) is 0 Å². The van der Waals surface area contributed by atoms with Crippen molar-refractivity contribution in [2.24, 2.45) is 0 Å². The maximum Gasteiger partial charge on any atom is 0.425 e. The second-order valence-electron chi connectivity index (χ2n) is 10.7. The van der Waals surface area contributed by atoms with Gasteiger partial charge in [0, 0.05) is 18.1 Å². The molecule has 9 nitrogen and oxygen atoms in total. The van der Waals surface area contributed by atoms with E-state index in [0.717, 1.165) is 6.42 Å². The highest BCUT2D eigenvalue weighted by Crippen LogP contribution is 2.29. The van der Waals surface area contributed by atoms with E-state index in [1.807, 2.05) is 0 Å². The molecule has 1 saturated heterocycles. The zero-order chi connectivity index (χ0) is 26.5. The Labute approximate surface area is 214 Å². The van der Waals surface area contributed by atoms with Gasteiger partial charge in [0.25, 0.3) is 0 Å². The Hall–Kier alpha value is -1.88. The third-order valence-corrected chi connectivity index (χ3v) is 6.93.